The fourth-order valence-electron chi connectivity index (χ4n) is 1.80. The Labute approximate surface area is 86.5 Å². The van der Waals surface area contributed by atoms with Crippen molar-refractivity contribution in [2.75, 3.05) is 18.8 Å². The number of nitrogens with zero attached hydrogens (tertiary/aromatic N) is 1. The normalized spacial score (nSPS) is 21.3. The molecule has 1 aliphatic rings. The maximum absolute atomic E-state index is 11.8. The van der Waals surface area contributed by atoms with E-state index in [9.17, 15) is 8.42 Å². The average molecular weight is 220 g/mol. The highest BCUT2D eigenvalue weighted by atomic mass is 32.2. The third kappa shape index (κ3) is 3.22. The van der Waals surface area contributed by atoms with Gasteiger partial charge >= 0.3 is 0 Å². The van der Waals surface area contributed by atoms with Crippen molar-refractivity contribution in [3.05, 3.63) is 0 Å². The molecule has 0 amide bonds. The Morgan fingerprint density at radius 1 is 1.36 bits per heavy atom. The highest BCUT2D eigenvalue weighted by molar-refractivity contribution is 7.89. The van der Waals surface area contributed by atoms with Crippen LogP contribution in [0, 0.1) is 0 Å². The lowest BCUT2D eigenvalue weighted by molar-refractivity contribution is 0.470. The molecule has 0 aromatic rings. The van der Waals surface area contributed by atoms with Crippen LogP contribution in [0.3, 0.4) is 0 Å². The summed E-state index contributed by atoms with van der Waals surface area (Å²) in [4.78, 5) is 0. The molecule has 0 saturated carbocycles. The minimum Gasteiger partial charge on any atom is -0.327 e. The molecule has 1 heterocycles. The van der Waals surface area contributed by atoms with E-state index >= 15 is 0 Å². The molecular weight excluding hydrogens is 200 g/mol. The Balaban J connectivity index is 2.48. The van der Waals surface area contributed by atoms with Gasteiger partial charge in [0.15, 0.2) is 0 Å². The number of rotatable bonds is 5. The molecule has 0 aliphatic carbocycles. The van der Waals surface area contributed by atoms with Gasteiger partial charge in [0.25, 0.3) is 0 Å². The first kappa shape index (κ1) is 11.9. The van der Waals surface area contributed by atoms with E-state index in [-0.39, 0.29) is 11.8 Å². The smallest absolute Gasteiger partial charge is 0.215 e. The van der Waals surface area contributed by atoms with Gasteiger partial charge in [-0.2, -0.15) is 0 Å². The van der Waals surface area contributed by atoms with Crippen molar-refractivity contribution >= 4 is 10.0 Å². The molecule has 4 nitrogen and oxygen atoms in total. The lowest BCUT2D eigenvalue weighted by atomic mass is 10.2. The van der Waals surface area contributed by atoms with E-state index in [0.29, 0.717) is 13.1 Å². The van der Waals surface area contributed by atoms with Crippen molar-refractivity contribution in [3.63, 3.8) is 0 Å². The van der Waals surface area contributed by atoms with Gasteiger partial charge in [-0.3, -0.25) is 0 Å². The first-order valence-electron chi connectivity index (χ1n) is 5.29. The number of sulfonamides is 1. The summed E-state index contributed by atoms with van der Waals surface area (Å²) in [6.07, 6.45) is 3.70. The molecule has 5 heteroatoms. The highest BCUT2D eigenvalue weighted by Crippen LogP contribution is 2.14. The second-order valence-electron chi connectivity index (χ2n) is 3.93. The van der Waals surface area contributed by atoms with E-state index in [1.807, 2.05) is 6.92 Å². The Bertz CT molecular complexity index is 258. The largest absolute Gasteiger partial charge is 0.327 e. The summed E-state index contributed by atoms with van der Waals surface area (Å²) in [6, 6.07) is -0.203. The maximum Gasteiger partial charge on any atom is 0.215 e. The van der Waals surface area contributed by atoms with Crippen LogP contribution in [0.1, 0.15) is 32.6 Å². The molecule has 0 radical (unpaired) electrons. The standard InChI is InChI=1S/C9H20N2O2S/c1-2-5-9(10)8-14(12,13)11-6-3-4-7-11/h9H,2-8,10H2,1H3. The van der Waals surface area contributed by atoms with Gasteiger partial charge in [-0.25, -0.2) is 12.7 Å². The minimum absolute atomic E-state index is 0.112. The van der Waals surface area contributed by atoms with Crippen LogP contribution in [0.2, 0.25) is 0 Å². The third-order valence-electron chi connectivity index (χ3n) is 2.54. The Kier molecular flexibility index (Phi) is 4.34. The Morgan fingerprint density at radius 3 is 2.43 bits per heavy atom. The minimum atomic E-state index is -3.07. The first-order chi connectivity index (χ1) is 6.56. The van der Waals surface area contributed by atoms with Gasteiger partial charge in [0, 0.05) is 19.1 Å². The quantitative estimate of drug-likeness (QED) is 0.735. The molecule has 2 N–H and O–H groups in total. The van der Waals surface area contributed by atoms with Crippen LogP contribution < -0.4 is 5.73 Å². The molecule has 1 rings (SSSR count). The molecule has 1 atom stereocenters. The van der Waals surface area contributed by atoms with Gasteiger partial charge in [-0.1, -0.05) is 13.3 Å². The van der Waals surface area contributed by atoms with E-state index in [2.05, 4.69) is 0 Å². The molecule has 1 saturated heterocycles. The van der Waals surface area contributed by atoms with E-state index in [0.717, 1.165) is 25.7 Å². The third-order valence-corrected chi connectivity index (χ3v) is 4.54. The second kappa shape index (κ2) is 5.09. The predicted molar refractivity (Wildman–Crippen MR) is 57.5 cm³/mol. The van der Waals surface area contributed by atoms with Gasteiger partial charge in [0.05, 0.1) is 5.75 Å². The van der Waals surface area contributed by atoms with Gasteiger partial charge in [-0.05, 0) is 19.3 Å². The lowest BCUT2D eigenvalue weighted by Crippen LogP contribution is -2.38. The predicted octanol–water partition coefficient (Wildman–Crippen LogP) is 0.539. The molecule has 0 bridgehead atoms. The van der Waals surface area contributed by atoms with Crippen molar-refractivity contribution in [1.29, 1.82) is 0 Å². The summed E-state index contributed by atoms with van der Waals surface area (Å²) in [6.45, 7) is 3.38. The summed E-state index contributed by atoms with van der Waals surface area (Å²) in [5.74, 6) is 0.112. The van der Waals surface area contributed by atoms with Crippen LogP contribution >= 0.6 is 0 Å². The van der Waals surface area contributed by atoms with Crippen LogP contribution in [0.4, 0.5) is 0 Å². The highest BCUT2D eigenvalue weighted by Gasteiger charge is 2.26. The topological polar surface area (TPSA) is 63.4 Å². The SMILES string of the molecule is CCCC(N)CS(=O)(=O)N1CCCC1. The lowest BCUT2D eigenvalue weighted by Gasteiger charge is -2.18. The van der Waals surface area contributed by atoms with Gasteiger partial charge < -0.3 is 5.73 Å². The molecule has 14 heavy (non-hydrogen) atoms. The fraction of sp³-hybridized carbons (Fsp3) is 1.00. The summed E-state index contributed by atoms with van der Waals surface area (Å²) in [7, 11) is -3.07. The van der Waals surface area contributed by atoms with Crippen molar-refractivity contribution in [1.82, 2.24) is 4.31 Å². The molecule has 1 fully saturated rings. The zero-order valence-corrected chi connectivity index (χ0v) is 9.59. The monoisotopic (exact) mass is 220 g/mol. The molecule has 0 spiro atoms. The first-order valence-corrected chi connectivity index (χ1v) is 6.90. The molecule has 1 aliphatic heterocycles. The number of hydrogen-bond donors (Lipinski definition) is 1. The van der Waals surface area contributed by atoms with E-state index < -0.39 is 10.0 Å². The number of nitrogens with two attached hydrogens (primary N) is 1. The number of hydrogen-bond acceptors (Lipinski definition) is 3. The van der Waals surface area contributed by atoms with Crippen LogP contribution in [-0.2, 0) is 10.0 Å². The van der Waals surface area contributed by atoms with Gasteiger partial charge in [-0.15, -0.1) is 0 Å². The van der Waals surface area contributed by atoms with E-state index in [4.69, 9.17) is 5.73 Å². The summed E-state index contributed by atoms with van der Waals surface area (Å²) in [5, 5.41) is 0. The van der Waals surface area contributed by atoms with Crippen molar-refractivity contribution in [3.8, 4) is 0 Å². The van der Waals surface area contributed by atoms with Gasteiger partial charge in [0.1, 0.15) is 0 Å². The summed E-state index contributed by atoms with van der Waals surface area (Å²) < 4.78 is 25.1. The van der Waals surface area contributed by atoms with Crippen LogP contribution in [0.25, 0.3) is 0 Å². The molecule has 0 aromatic carbocycles. The van der Waals surface area contributed by atoms with Crippen molar-refractivity contribution in [2.45, 2.75) is 38.6 Å². The van der Waals surface area contributed by atoms with Gasteiger partial charge in [0.2, 0.25) is 10.0 Å². The van der Waals surface area contributed by atoms with E-state index in [1.54, 1.807) is 4.31 Å². The maximum atomic E-state index is 11.8. The van der Waals surface area contributed by atoms with Crippen molar-refractivity contribution < 1.29 is 8.42 Å². The summed E-state index contributed by atoms with van der Waals surface area (Å²) >= 11 is 0. The van der Waals surface area contributed by atoms with Crippen LogP contribution in [-0.4, -0.2) is 37.6 Å². The molecule has 1 unspecified atom stereocenters. The van der Waals surface area contributed by atoms with Crippen molar-refractivity contribution in [2.24, 2.45) is 5.73 Å². The average Bonchev–Trinajstić information content (AvgIpc) is 2.54. The fourth-order valence-corrected chi connectivity index (χ4v) is 3.53. The van der Waals surface area contributed by atoms with Crippen LogP contribution in [0.15, 0.2) is 0 Å². The summed E-state index contributed by atoms with van der Waals surface area (Å²) in [5.41, 5.74) is 5.73. The zero-order valence-electron chi connectivity index (χ0n) is 8.78. The zero-order chi connectivity index (χ0) is 10.6. The second-order valence-corrected chi connectivity index (χ2v) is 5.95. The van der Waals surface area contributed by atoms with E-state index in [1.165, 1.54) is 0 Å². The molecule has 0 aromatic heterocycles. The molecular formula is C9H20N2O2S. The van der Waals surface area contributed by atoms with Crippen LogP contribution in [0.5, 0.6) is 0 Å². The Morgan fingerprint density at radius 2 is 1.93 bits per heavy atom. The molecule has 84 valence electrons. The Hall–Kier alpha value is -0.130.